The lowest BCUT2D eigenvalue weighted by Crippen LogP contribution is -2.53. The van der Waals surface area contributed by atoms with Crippen LogP contribution in [0, 0.1) is 12.7 Å². The summed E-state index contributed by atoms with van der Waals surface area (Å²) in [6.45, 7) is 9.39. The van der Waals surface area contributed by atoms with E-state index >= 15 is 0 Å². The predicted molar refractivity (Wildman–Crippen MR) is 162 cm³/mol. The molecule has 0 bridgehead atoms. The van der Waals surface area contributed by atoms with Crippen molar-refractivity contribution in [1.29, 1.82) is 0 Å². The van der Waals surface area contributed by atoms with E-state index < -0.39 is 34.3 Å². The summed E-state index contributed by atoms with van der Waals surface area (Å²) < 4.78 is 48.0. The Morgan fingerprint density at radius 1 is 0.929 bits per heavy atom. The highest BCUT2D eigenvalue weighted by molar-refractivity contribution is 7.92. The number of sulfonamides is 1. The Labute approximate surface area is 248 Å². The molecule has 0 saturated heterocycles. The topological polar surface area (TPSA) is 96.0 Å². The van der Waals surface area contributed by atoms with Crippen molar-refractivity contribution in [2.45, 2.75) is 71.0 Å². The molecule has 2 amide bonds. The summed E-state index contributed by atoms with van der Waals surface area (Å²) in [4.78, 5) is 28.8. The molecule has 226 valence electrons. The van der Waals surface area contributed by atoms with Gasteiger partial charge in [0.2, 0.25) is 11.8 Å². The van der Waals surface area contributed by atoms with Crippen LogP contribution < -0.4 is 14.4 Å². The van der Waals surface area contributed by atoms with Crippen LogP contribution in [0.15, 0.2) is 77.7 Å². The molecule has 0 spiro atoms. The minimum atomic E-state index is -4.30. The fourth-order valence-corrected chi connectivity index (χ4v) is 5.88. The number of benzene rings is 3. The molecule has 2 atom stereocenters. The maximum absolute atomic E-state index is 14.2. The van der Waals surface area contributed by atoms with E-state index in [0.29, 0.717) is 18.8 Å². The maximum atomic E-state index is 14.2. The first kappa shape index (κ1) is 32.6. The van der Waals surface area contributed by atoms with Gasteiger partial charge in [0.15, 0.2) is 0 Å². The molecule has 8 nitrogen and oxygen atoms in total. The first-order valence-corrected chi connectivity index (χ1v) is 15.6. The average Bonchev–Trinajstić information content (AvgIpc) is 2.97. The molecular formula is C32H40FN3O5S. The summed E-state index contributed by atoms with van der Waals surface area (Å²) >= 11 is 0. The van der Waals surface area contributed by atoms with Gasteiger partial charge in [0.1, 0.15) is 24.2 Å². The normalized spacial score (nSPS) is 12.7. The van der Waals surface area contributed by atoms with E-state index in [1.807, 2.05) is 58.9 Å². The maximum Gasteiger partial charge on any atom is 0.264 e. The van der Waals surface area contributed by atoms with Crippen molar-refractivity contribution in [3.8, 4) is 5.75 Å². The lowest BCUT2D eigenvalue weighted by molar-refractivity contribution is -0.140. The molecule has 0 radical (unpaired) electrons. The van der Waals surface area contributed by atoms with Gasteiger partial charge in [-0.25, -0.2) is 12.8 Å². The van der Waals surface area contributed by atoms with E-state index in [0.717, 1.165) is 46.1 Å². The Morgan fingerprint density at radius 3 is 2.14 bits per heavy atom. The second-order valence-corrected chi connectivity index (χ2v) is 11.9. The Morgan fingerprint density at radius 2 is 1.57 bits per heavy atom. The van der Waals surface area contributed by atoms with Gasteiger partial charge < -0.3 is 15.0 Å². The number of anilines is 1. The molecule has 1 N–H and O–H groups in total. The fourth-order valence-electron chi connectivity index (χ4n) is 4.47. The number of amides is 2. The molecule has 10 heteroatoms. The average molecular weight is 598 g/mol. The van der Waals surface area contributed by atoms with Crippen molar-refractivity contribution < 1.29 is 27.1 Å². The number of hydrogen-bond donors (Lipinski definition) is 1. The minimum Gasteiger partial charge on any atom is -0.494 e. The second kappa shape index (κ2) is 14.8. The number of nitrogens with one attached hydrogen (secondary N) is 1. The van der Waals surface area contributed by atoms with E-state index in [1.54, 1.807) is 24.3 Å². The largest absolute Gasteiger partial charge is 0.494 e. The van der Waals surface area contributed by atoms with Gasteiger partial charge in [0, 0.05) is 12.6 Å². The number of halogens is 1. The Bertz CT molecular complexity index is 1450. The van der Waals surface area contributed by atoms with Crippen molar-refractivity contribution in [2.75, 3.05) is 17.5 Å². The zero-order chi connectivity index (χ0) is 30.9. The minimum absolute atomic E-state index is 0.0961. The van der Waals surface area contributed by atoms with Crippen LogP contribution >= 0.6 is 0 Å². The number of aryl methyl sites for hydroxylation is 1. The summed E-state index contributed by atoms with van der Waals surface area (Å²) in [5.74, 6) is -0.896. The number of hydrogen-bond acceptors (Lipinski definition) is 5. The summed E-state index contributed by atoms with van der Waals surface area (Å²) in [6.07, 6.45) is 1.04. The van der Waals surface area contributed by atoms with Gasteiger partial charge in [-0.1, -0.05) is 38.1 Å². The Hall–Kier alpha value is -3.92. The van der Waals surface area contributed by atoms with Gasteiger partial charge in [-0.05, 0) is 93.3 Å². The van der Waals surface area contributed by atoms with Crippen LogP contribution in [0.4, 0.5) is 10.1 Å². The Balaban J connectivity index is 2.07. The van der Waals surface area contributed by atoms with Gasteiger partial charge in [0.25, 0.3) is 10.0 Å². The highest BCUT2D eigenvalue weighted by atomic mass is 32.2. The molecule has 3 aromatic carbocycles. The van der Waals surface area contributed by atoms with Crippen molar-refractivity contribution >= 4 is 27.5 Å². The molecule has 3 aromatic rings. The lowest BCUT2D eigenvalue weighted by Gasteiger charge is -2.34. The van der Waals surface area contributed by atoms with E-state index in [9.17, 15) is 22.4 Å². The third-order valence-corrected chi connectivity index (χ3v) is 8.89. The third-order valence-electron chi connectivity index (χ3n) is 7.11. The second-order valence-electron chi connectivity index (χ2n) is 10.1. The van der Waals surface area contributed by atoms with Crippen molar-refractivity contribution in [3.63, 3.8) is 0 Å². The zero-order valence-corrected chi connectivity index (χ0v) is 25.7. The molecule has 0 aromatic heterocycles. The molecule has 0 saturated carbocycles. The van der Waals surface area contributed by atoms with E-state index in [2.05, 4.69) is 5.32 Å². The number of ether oxygens (including phenoxy) is 1. The standard InChI is InChI=1S/C32H40FN3O5S/c1-6-24(5)34-32(38)30(7-2)35(21-25-12-10-9-11-23(25)4)31(37)22-36(27-15-17-28(18-16-27)41-8-3)42(39,40)29-19-13-26(33)14-20-29/h9-20,24,30H,6-8,21-22H2,1-5H3,(H,34,38)/t24-,30-/m0/s1. The van der Waals surface area contributed by atoms with E-state index in [1.165, 1.54) is 4.90 Å². The molecule has 0 aliphatic heterocycles. The van der Waals surface area contributed by atoms with Gasteiger partial charge in [-0.2, -0.15) is 0 Å². The molecule has 3 rings (SSSR count). The van der Waals surface area contributed by atoms with Crippen LogP contribution in [0.25, 0.3) is 0 Å². The predicted octanol–water partition coefficient (Wildman–Crippen LogP) is 5.45. The summed E-state index contributed by atoms with van der Waals surface area (Å²) in [7, 11) is -4.30. The van der Waals surface area contributed by atoms with Crippen LogP contribution in [0.5, 0.6) is 5.75 Å². The van der Waals surface area contributed by atoms with Crippen molar-refractivity contribution in [2.24, 2.45) is 0 Å². The molecular weight excluding hydrogens is 557 g/mol. The number of carbonyl (C=O) groups is 2. The van der Waals surface area contributed by atoms with Crippen molar-refractivity contribution in [3.05, 3.63) is 89.7 Å². The first-order chi connectivity index (χ1) is 20.0. The molecule has 42 heavy (non-hydrogen) atoms. The fraction of sp³-hybridized carbons (Fsp3) is 0.375. The van der Waals surface area contributed by atoms with Crippen LogP contribution in [-0.4, -0.2) is 50.4 Å². The molecule has 0 aliphatic rings. The molecule has 0 fully saturated rings. The summed E-state index contributed by atoms with van der Waals surface area (Å²) in [5, 5.41) is 2.97. The SMILES string of the molecule is CCOc1ccc(N(CC(=O)N(Cc2ccccc2C)[C@@H](CC)C(=O)N[C@@H](C)CC)S(=O)(=O)c2ccc(F)cc2)cc1. The van der Waals surface area contributed by atoms with E-state index in [-0.39, 0.29) is 29.1 Å². The number of nitrogens with zero attached hydrogens (tertiary/aromatic N) is 2. The zero-order valence-electron chi connectivity index (χ0n) is 24.8. The smallest absolute Gasteiger partial charge is 0.264 e. The number of rotatable bonds is 14. The van der Waals surface area contributed by atoms with Gasteiger partial charge in [-0.3, -0.25) is 13.9 Å². The molecule has 0 heterocycles. The van der Waals surface area contributed by atoms with Crippen LogP contribution in [0.3, 0.4) is 0 Å². The molecule has 0 aliphatic carbocycles. The summed E-state index contributed by atoms with van der Waals surface area (Å²) in [5.41, 5.74) is 2.01. The van der Waals surface area contributed by atoms with Crippen molar-refractivity contribution in [1.82, 2.24) is 10.2 Å². The quantitative estimate of drug-likeness (QED) is 0.267. The van der Waals surface area contributed by atoms with Crippen LogP contribution in [0.2, 0.25) is 0 Å². The first-order valence-electron chi connectivity index (χ1n) is 14.2. The monoisotopic (exact) mass is 597 g/mol. The van der Waals surface area contributed by atoms with E-state index in [4.69, 9.17) is 4.74 Å². The molecule has 0 unspecified atom stereocenters. The van der Waals surface area contributed by atoms with Gasteiger partial charge in [0.05, 0.1) is 17.2 Å². The third kappa shape index (κ3) is 8.09. The van der Waals surface area contributed by atoms with Crippen LogP contribution in [0.1, 0.15) is 51.7 Å². The number of carbonyl (C=O) groups excluding carboxylic acids is 2. The van der Waals surface area contributed by atoms with Gasteiger partial charge in [-0.15, -0.1) is 0 Å². The van der Waals surface area contributed by atoms with Crippen LogP contribution in [-0.2, 0) is 26.2 Å². The van der Waals surface area contributed by atoms with Gasteiger partial charge >= 0.3 is 0 Å². The Kier molecular flexibility index (Phi) is 11.5. The highest BCUT2D eigenvalue weighted by Gasteiger charge is 2.34. The summed E-state index contributed by atoms with van der Waals surface area (Å²) in [6, 6.07) is 17.4. The highest BCUT2D eigenvalue weighted by Crippen LogP contribution is 2.27. The lowest BCUT2D eigenvalue weighted by atomic mass is 10.1.